The van der Waals surface area contributed by atoms with Crippen LogP contribution in [0.3, 0.4) is 0 Å². The highest BCUT2D eigenvalue weighted by molar-refractivity contribution is 5.06. The summed E-state index contributed by atoms with van der Waals surface area (Å²) >= 11 is 0. The van der Waals surface area contributed by atoms with E-state index in [-0.39, 0.29) is 0 Å². The summed E-state index contributed by atoms with van der Waals surface area (Å²) in [5.41, 5.74) is 1.56. The van der Waals surface area contributed by atoms with Gasteiger partial charge in [-0.2, -0.15) is 0 Å². The number of nitrogens with one attached hydrogen (secondary N) is 1. The van der Waals surface area contributed by atoms with Crippen LogP contribution in [0.2, 0.25) is 0 Å². The SMILES string of the molecule is CC1=CC(C)CC(CNCCOC(C)C)C1. The summed E-state index contributed by atoms with van der Waals surface area (Å²) in [5, 5.41) is 3.50. The lowest BCUT2D eigenvalue weighted by molar-refractivity contribution is 0.0802. The molecule has 0 heterocycles. The minimum atomic E-state index is 0.349. The second kappa shape index (κ2) is 7.08. The molecular formula is C14H27NO. The molecule has 0 fully saturated rings. The minimum Gasteiger partial charge on any atom is -0.377 e. The molecule has 94 valence electrons. The van der Waals surface area contributed by atoms with E-state index in [4.69, 9.17) is 4.74 Å². The molecule has 1 aliphatic carbocycles. The third-order valence-corrected chi connectivity index (χ3v) is 3.05. The molecule has 16 heavy (non-hydrogen) atoms. The lowest BCUT2D eigenvalue weighted by atomic mass is 9.84. The van der Waals surface area contributed by atoms with Gasteiger partial charge in [-0.3, -0.25) is 0 Å². The molecule has 0 aromatic rings. The second-order valence-electron chi connectivity index (χ2n) is 5.42. The molecule has 0 aliphatic heterocycles. The highest BCUT2D eigenvalue weighted by Crippen LogP contribution is 2.26. The Morgan fingerprint density at radius 1 is 1.50 bits per heavy atom. The van der Waals surface area contributed by atoms with Crippen molar-refractivity contribution in [2.24, 2.45) is 11.8 Å². The van der Waals surface area contributed by atoms with Crippen LogP contribution in [0.25, 0.3) is 0 Å². The van der Waals surface area contributed by atoms with Crippen LogP contribution >= 0.6 is 0 Å². The van der Waals surface area contributed by atoms with E-state index < -0.39 is 0 Å². The fraction of sp³-hybridized carbons (Fsp3) is 0.857. The first-order valence-corrected chi connectivity index (χ1v) is 6.57. The molecule has 0 saturated heterocycles. The van der Waals surface area contributed by atoms with Crippen molar-refractivity contribution in [3.05, 3.63) is 11.6 Å². The summed E-state index contributed by atoms with van der Waals surface area (Å²) in [6.07, 6.45) is 5.36. The Hall–Kier alpha value is -0.340. The zero-order valence-corrected chi connectivity index (χ0v) is 11.3. The third kappa shape index (κ3) is 5.66. The van der Waals surface area contributed by atoms with Gasteiger partial charge in [0.1, 0.15) is 0 Å². The predicted octanol–water partition coefficient (Wildman–Crippen LogP) is 2.99. The van der Waals surface area contributed by atoms with Gasteiger partial charge in [0.25, 0.3) is 0 Å². The van der Waals surface area contributed by atoms with Gasteiger partial charge in [-0.25, -0.2) is 0 Å². The van der Waals surface area contributed by atoms with Gasteiger partial charge < -0.3 is 10.1 Å². The summed E-state index contributed by atoms with van der Waals surface area (Å²) < 4.78 is 5.50. The zero-order chi connectivity index (χ0) is 12.0. The molecule has 1 aliphatic rings. The number of rotatable bonds is 6. The lowest BCUT2D eigenvalue weighted by Gasteiger charge is -2.25. The Morgan fingerprint density at radius 3 is 2.88 bits per heavy atom. The van der Waals surface area contributed by atoms with Crippen LogP contribution in [0.15, 0.2) is 11.6 Å². The first-order valence-electron chi connectivity index (χ1n) is 6.57. The summed E-state index contributed by atoms with van der Waals surface area (Å²) in [7, 11) is 0. The van der Waals surface area contributed by atoms with Gasteiger partial charge in [0, 0.05) is 6.54 Å². The van der Waals surface area contributed by atoms with Gasteiger partial charge in [-0.1, -0.05) is 18.6 Å². The Kier molecular flexibility index (Phi) is 6.07. The van der Waals surface area contributed by atoms with Crippen molar-refractivity contribution in [2.75, 3.05) is 19.7 Å². The summed E-state index contributed by atoms with van der Waals surface area (Å²) in [6, 6.07) is 0. The van der Waals surface area contributed by atoms with Crippen molar-refractivity contribution >= 4 is 0 Å². The van der Waals surface area contributed by atoms with E-state index in [1.807, 2.05) is 0 Å². The Balaban J connectivity index is 2.08. The quantitative estimate of drug-likeness (QED) is 0.554. The molecule has 2 atom stereocenters. The van der Waals surface area contributed by atoms with Crippen molar-refractivity contribution in [2.45, 2.75) is 46.6 Å². The van der Waals surface area contributed by atoms with Gasteiger partial charge in [0.15, 0.2) is 0 Å². The van der Waals surface area contributed by atoms with Crippen LogP contribution in [-0.2, 0) is 4.74 Å². The molecule has 0 spiro atoms. The van der Waals surface area contributed by atoms with Crippen LogP contribution in [-0.4, -0.2) is 25.8 Å². The summed E-state index contributed by atoms with van der Waals surface area (Å²) in [6.45, 7) is 11.7. The molecule has 0 bridgehead atoms. The van der Waals surface area contributed by atoms with Gasteiger partial charge >= 0.3 is 0 Å². The second-order valence-corrected chi connectivity index (χ2v) is 5.42. The maximum absolute atomic E-state index is 5.50. The molecule has 0 radical (unpaired) electrons. The first kappa shape index (κ1) is 13.7. The van der Waals surface area contributed by atoms with Crippen LogP contribution in [0, 0.1) is 11.8 Å². The Bertz CT molecular complexity index is 223. The van der Waals surface area contributed by atoms with Crippen molar-refractivity contribution < 1.29 is 4.74 Å². The van der Waals surface area contributed by atoms with Crippen molar-refractivity contribution in [3.63, 3.8) is 0 Å². The maximum Gasteiger partial charge on any atom is 0.0594 e. The van der Waals surface area contributed by atoms with Crippen LogP contribution < -0.4 is 5.32 Å². The van der Waals surface area contributed by atoms with E-state index >= 15 is 0 Å². The van der Waals surface area contributed by atoms with Crippen molar-refractivity contribution in [1.82, 2.24) is 5.32 Å². The fourth-order valence-electron chi connectivity index (χ4n) is 2.51. The molecule has 1 N–H and O–H groups in total. The van der Waals surface area contributed by atoms with E-state index in [2.05, 4.69) is 39.1 Å². The highest BCUT2D eigenvalue weighted by Gasteiger charge is 2.17. The highest BCUT2D eigenvalue weighted by atomic mass is 16.5. The molecule has 0 amide bonds. The van der Waals surface area contributed by atoms with Gasteiger partial charge in [0.2, 0.25) is 0 Å². The number of hydrogen-bond acceptors (Lipinski definition) is 2. The van der Waals surface area contributed by atoms with Crippen molar-refractivity contribution in [1.29, 1.82) is 0 Å². The Morgan fingerprint density at radius 2 is 2.25 bits per heavy atom. The summed E-state index contributed by atoms with van der Waals surface area (Å²) in [5.74, 6) is 1.58. The van der Waals surface area contributed by atoms with E-state index in [1.165, 1.54) is 12.8 Å². The zero-order valence-electron chi connectivity index (χ0n) is 11.3. The molecule has 2 unspecified atom stereocenters. The molecule has 2 nitrogen and oxygen atoms in total. The van der Waals surface area contributed by atoms with E-state index in [1.54, 1.807) is 5.57 Å². The molecule has 1 rings (SSSR count). The van der Waals surface area contributed by atoms with Crippen LogP contribution in [0.1, 0.15) is 40.5 Å². The van der Waals surface area contributed by atoms with Gasteiger partial charge in [-0.15, -0.1) is 0 Å². The monoisotopic (exact) mass is 225 g/mol. The average molecular weight is 225 g/mol. The van der Waals surface area contributed by atoms with Crippen LogP contribution in [0.4, 0.5) is 0 Å². The molecule has 0 aromatic heterocycles. The third-order valence-electron chi connectivity index (χ3n) is 3.05. The van der Waals surface area contributed by atoms with E-state index in [0.29, 0.717) is 6.10 Å². The average Bonchev–Trinajstić information content (AvgIpc) is 2.15. The standard InChI is InChI=1S/C14H27NO/c1-11(2)16-6-5-15-10-14-8-12(3)7-13(4)9-14/h7,11-12,14-15H,5-6,8-10H2,1-4H3. The number of ether oxygens (including phenoxy) is 1. The lowest BCUT2D eigenvalue weighted by Crippen LogP contribution is -2.29. The minimum absolute atomic E-state index is 0.349. The molecular weight excluding hydrogens is 198 g/mol. The predicted molar refractivity (Wildman–Crippen MR) is 69.6 cm³/mol. The number of allylic oxidation sites excluding steroid dienone is 2. The summed E-state index contributed by atoms with van der Waals surface area (Å²) in [4.78, 5) is 0. The fourth-order valence-corrected chi connectivity index (χ4v) is 2.51. The molecule has 0 aromatic carbocycles. The van der Waals surface area contributed by atoms with E-state index in [0.717, 1.165) is 31.5 Å². The van der Waals surface area contributed by atoms with Crippen molar-refractivity contribution in [3.8, 4) is 0 Å². The van der Waals surface area contributed by atoms with Crippen LogP contribution in [0.5, 0.6) is 0 Å². The molecule has 0 saturated carbocycles. The maximum atomic E-state index is 5.50. The number of hydrogen-bond donors (Lipinski definition) is 1. The molecule has 2 heteroatoms. The van der Waals surface area contributed by atoms with Gasteiger partial charge in [-0.05, 0) is 52.0 Å². The Labute approximate surface area is 100 Å². The normalized spacial score (nSPS) is 25.9. The smallest absolute Gasteiger partial charge is 0.0594 e. The first-order chi connectivity index (χ1) is 7.58. The topological polar surface area (TPSA) is 21.3 Å². The largest absolute Gasteiger partial charge is 0.377 e. The van der Waals surface area contributed by atoms with E-state index in [9.17, 15) is 0 Å². The van der Waals surface area contributed by atoms with Gasteiger partial charge in [0.05, 0.1) is 12.7 Å².